The van der Waals surface area contributed by atoms with Crippen molar-refractivity contribution in [3.8, 4) is 5.75 Å². The maximum absolute atomic E-state index is 12.9. The minimum Gasteiger partial charge on any atom is -0.495 e. The smallest absolute Gasteiger partial charge is 0.244 e. The zero-order valence-corrected chi connectivity index (χ0v) is 17.7. The van der Waals surface area contributed by atoms with Crippen LogP contribution < -0.4 is 15.4 Å². The molecule has 0 saturated carbocycles. The number of carbonyl (C=O) groups is 2. The predicted octanol–water partition coefficient (Wildman–Crippen LogP) is 1.99. The van der Waals surface area contributed by atoms with Gasteiger partial charge in [0.15, 0.2) is 0 Å². The summed E-state index contributed by atoms with van der Waals surface area (Å²) >= 11 is 0. The van der Waals surface area contributed by atoms with Gasteiger partial charge in [-0.05, 0) is 32.0 Å². The van der Waals surface area contributed by atoms with Gasteiger partial charge < -0.3 is 20.3 Å². The van der Waals surface area contributed by atoms with Gasteiger partial charge >= 0.3 is 0 Å². The number of hydrogen-bond donors (Lipinski definition) is 2. The summed E-state index contributed by atoms with van der Waals surface area (Å²) in [5.74, 6) is 0.491. The molecule has 0 aliphatic carbocycles. The van der Waals surface area contributed by atoms with E-state index in [0.717, 1.165) is 5.56 Å². The van der Waals surface area contributed by atoms with Gasteiger partial charge in [0.1, 0.15) is 11.8 Å². The molecule has 9 heteroatoms. The number of piperidine rings is 1. The molecule has 1 aromatic carbocycles. The Labute approximate surface area is 177 Å². The van der Waals surface area contributed by atoms with Crippen molar-refractivity contribution in [2.45, 2.75) is 18.9 Å². The van der Waals surface area contributed by atoms with Crippen molar-refractivity contribution >= 4 is 29.9 Å². The average molecular weight is 422 g/mol. The zero-order chi connectivity index (χ0) is 20.1. The first kappa shape index (κ1) is 22.7. The molecule has 158 valence electrons. The monoisotopic (exact) mass is 421 g/mol. The minimum atomic E-state index is -0.423. The number of carbonyl (C=O) groups excluding carboxylic acids is 2. The molecule has 3 rings (SSSR count). The van der Waals surface area contributed by atoms with Gasteiger partial charge in [0.05, 0.1) is 19.0 Å². The zero-order valence-electron chi connectivity index (χ0n) is 16.9. The number of para-hydroxylation sites is 2. The van der Waals surface area contributed by atoms with Crippen molar-refractivity contribution in [3.63, 3.8) is 0 Å². The van der Waals surface area contributed by atoms with Gasteiger partial charge in [0.25, 0.3) is 0 Å². The fourth-order valence-corrected chi connectivity index (χ4v) is 3.55. The molecule has 0 spiro atoms. The van der Waals surface area contributed by atoms with Crippen LogP contribution in [0.4, 0.5) is 5.69 Å². The van der Waals surface area contributed by atoms with Gasteiger partial charge in [-0.15, -0.1) is 12.4 Å². The fraction of sp³-hybridized carbons (Fsp3) is 0.450. The van der Waals surface area contributed by atoms with E-state index in [9.17, 15) is 9.59 Å². The number of likely N-dealkylation sites (tertiary alicyclic amines) is 1. The Kier molecular flexibility index (Phi) is 8.04. The van der Waals surface area contributed by atoms with Crippen LogP contribution in [0.25, 0.3) is 0 Å². The topological polar surface area (TPSA) is 88.5 Å². The number of hydrogen-bond acceptors (Lipinski definition) is 5. The highest BCUT2D eigenvalue weighted by Gasteiger charge is 2.31. The van der Waals surface area contributed by atoms with Crippen LogP contribution in [0.1, 0.15) is 24.4 Å². The van der Waals surface area contributed by atoms with Crippen LogP contribution >= 0.6 is 12.4 Å². The second kappa shape index (κ2) is 10.3. The average Bonchev–Trinajstić information content (AvgIpc) is 3.14. The van der Waals surface area contributed by atoms with Crippen LogP contribution in [0, 0.1) is 5.92 Å². The van der Waals surface area contributed by atoms with Crippen LogP contribution in [-0.4, -0.2) is 53.7 Å². The summed E-state index contributed by atoms with van der Waals surface area (Å²) in [6, 6.07) is 6.93. The Morgan fingerprint density at radius 3 is 2.52 bits per heavy atom. The number of aryl methyl sites for hydroxylation is 1. The van der Waals surface area contributed by atoms with Gasteiger partial charge in [-0.25, -0.2) is 0 Å². The molecule has 2 heterocycles. The third-order valence-electron chi connectivity index (χ3n) is 5.14. The molecule has 0 radical (unpaired) electrons. The van der Waals surface area contributed by atoms with Crippen molar-refractivity contribution in [1.82, 2.24) is 20.0 Å². The second-order valence-electron chi connectivity index (χ2n) is 6.96. The summed E-state index contributed by atoms with van der Waals surface area (Å²) in [6.45, 7) is 1.11. The molecule has 1 aliphatic heterocycles. The van der Waals surface area contributed by atoms with Crippen LogP contribution in [0.5, 0.6) is 5.75 Å². The highest BCUT2D eigenvalue weighted by Crippen LogP contribution is 2.26. The van der Waals surface area contributed by atoms with Crippen LogP contribution in [0.2, 0.25) is 0 Å². The Balaban J connectivity index is 0.00000300. The van der Waals surface area contributed by atoms with Gasteiger partial charge in [-0.1, -0.05) is 12.1 Å². The summed E-state index contributed by atoms with van der Waals surface area (Å²) in [5, 5.41) is 10.2. The maximum Gasteiger partial charge on any atom is 0.244 e. The Hall–Kier alpha value is -2.58. The predicted molar refractivity (Wildman–Crippen MR) is 113 cm³/mol. The molecule has 1 fully saturated rings. The second-order valence-corrected chi connectivity index (χ2v) is 6.96. The number of benzene rings is 1. The van der Waals surface area contributed by atoms with Crippen molar-refractivity contribution < 1.29 is 14.3 Å². The lowest BCUT2D eigenvalue weighted by molar-refractivity contribution is -0.136. The minimum absolute atomic E-state index is 0. The SMILES string of the molecule is CNC(C(=O)N1CCC(C(=O)Nc2ccccc2OC)CC1)c1cnn(C)c1.Cl. The first-order valence-corrected chi connectivity index (χ1v) is 9.42. The first-order valence-electron chi connectivity index (χ1n) is 9.42. The molecule has 8 nitrogen and oxygen atoms in total. The summed E-state index contributed by atoms with van der Waals surface area (Å²) in [7, 11) is 5.17. The number of nitrogens with zero attached hydrogens (tertiary/aromatic N) is 3. The molecule has 2 N–H and O–H groups in total. The molecule has 1 atom stereocenters. The Bertz CT molecular complexity index is 833. The lowest BCUT2D eigenvalue weighted by Gasteiger charge is -2.33. The van der Waals surface area contributed by atoms with E-state index in [4.69, 9.17) is 4.74 Å². The van der Waals surface area contributed by atoms with Crippen molar-refractivity contribution in [2.75, 3.05) is 32.6 Å². The van der Waals surface area contributed by atoms with E-state index >= 15 is 0 Å². The number of ether oxygens (including phenoxy) is 1. The standard InChI is InChI=1S/C20H27N5O3.ClH/c1-21-18(15-12-22-24(2)13-15)20(27)25-10-8-14(9-11-25)19(26)23-16-6-4-5-7-17(16)28-3;/h4-7,12-14,18,21H,8-11H2,1-3H3,(H,23,26);1H. The normalized spacial score (nSPS) is 15.3. The largest absolute Gasteiger partial charge is 0.495 e. The molecule has 1 aromatic heterocycles. The van der Waals surface area contributed by atoms with E-state index in [-0.39, 0.29) is 30.1 Å². The fourth-order valence-electron chi connectivity index (χ4n) is 3.55. The number of methoxy groups -OCH3 is 1. The van der Waals surface area contributed by atoms with E-state index in [2.05, 4.69) is 15.7 Å². The summed E-state index contributed by atoms with van der Waals surface area (Å²) < 4.78 is 6.97. The van der Waals surface area contributed by atoms with E-state index in [1.54, 1.807) is 25.0 Å². The quantitative estimate of drug-likeness (QED) is 0.744. The molecule has 1 aliphatic rings. The van der Waals surface area contributed by atoms with Crippen molar-refractivity contribution in [2.24, 2.45) is 13.0 Å². The molecule has 1 saturated heterocycles. The van der Waals surface area contributed by atoms with E-state index < -0.39 is 6.04 Å². The number of aromatic nitrogens is 2. The number of nitrogens with one attached hydrogen (secondary N) is 2. The van der Waals surface area contributed by atoms with Gasteiger partial charge in [0, 0.05) is 37.8 Å². The lowest BCUT2D eigenvalue weighted by atomic mass is 9.95. The summed E-state index contributed by atoms with van der Waals surface area (Å²) in [6.07, 6.45) is 4.81. The molecule has 2 amide bonds. The number of likely N-dealkylation sites (N-methyl/N-ethyl adjacent to an activating group) is 1. The molecule has 1 unspecified atom stereocenters. The highest BCUT2D eigenvalue weighted by atomic mass is 35.5. The third-order valence-corrected chi connectivity index (χ3v) is 5.14. The van der Waals surface area contributed by atoms with Gasteiger partial charge in [-0.2, -0.15) is 5.10 Å². The summed E-state index contributed by atoms with van der Waals surface area (Å²) in [5.41, 5.74) is 1.51. The van der Waals surface area contributed by atoms with Crippen molar-refractivity contribution in [3.05, 3.63) is 42.2 Å². The molecular weight excluding hydrogens is 394 g/mol. The highest BCUT2D eigenvalue weighted by molar-refractivity contribution is 5.94. The Morgan fingerprint density at radius 2 is 1.93 bits per heavy atom. The number of rotatable bonds is 6. The van der Waals surface area contributed by atoms with Crippen LogP contribution in [-0.2, 0) is 16.6 Å². The molecule has 29 heavy (non-hydrogen) atoms. The maximum atomic E-state index is 12.9. The van der Waals surface area contributed by atoms with Gasteiger partial charge in [-0.3, -0.25) is 14.3 Å². The van der Waals surface area contributed by atoms with Crippen molar-refractivity contribution in [1.29, 1.82) is 0 Å². The third kappa shape index (κ3) is 5.27. The lowest BCUT2D eigenvalue weighted by Crippen LogP contribution is -2.45. The Morgan fingerprint density at radius 1 is 1.24 bits per heavy atom. The summed E-state index contributed by atoms with van der Waals surface area (Å²) in [4.78, 5) is 27.4. The van der Waals surface area contributed by atoms with Crippen LogP contribution in [0.15, 0.2) is 36.7 Å². The van der Waals surface area contributed by atoms with E-state index in [1.165, 1.54) is 0 Å². The number of halogens is 1. The van der Waals surface area contributed by atoms with E-state index in [1.807, 2.05) is 42.4 Å². The molecule has 0 bridgehead atoms. The molecule has 2 aromatic rings. The molecular formula is C20H28ClN5O3. The van der Waals surface area contributed by atoms with Gasteiger partial charge in [0.2, 0.25) is 11.8 Å². The van der Waals surface area contributed by atoms with E-state index in [0.29, 0.717) is 37.4 Å². The first-order chi connectivity index (χ1) is 13.5. The number of anilines is 1. The van der Waals surface area contributed by atoms with Crippen LogP contribution in [0.3, 0.4) is 0 Å². The number of amides is 2.